The Balaban J connectivity index is 1.53. The molecule has 5 nitrogen and oxygen atoms in total. The van der Waals surface area contributed by atoms with Gasteiger partial charge in [0.05, 0.1) is 7.11 Å². The molecular formula is C23H34N4OS. The second-order valence-corrected chi connectivity index (χ2v) is 8.77. The van der Waals surface area contributed by atoms with E-state index in [9.17, 15) is 0 Å². The topological polar surface area (TPSA) is 48.9 Å². The van der Waals surface area contributed by atoms with Crippen LogP contribution in [0.25, 0.3) is 0 Å². The number of piperidine rings is 1. The number of methoxy groups -OCH3 is 1. The summed E-state index contributed by atoms with van der Waals surface area (Å²) in [6.07, 6.45) is 3.40. The lowest BCUT2D eigenvalue weighted by Gasteiger charge is -2.39. The maximum absolute atomic E-state index is 5.49. The fourth-order valence-corrected chi connectivity index (χ4v) is 5.23. The molecule has 1 aliphatic rings. The summed E-state index contributed by atoms with van der Waals surface area (Å²) in [4.78, 5) is 8.39. The number of hydrogen-bond acceptors (Lipinski definition) is 4. The number of benzene rings is 1. The van der Waals surface area contributed by atoms with Crippen molar-refractivity contribution in [3.8, 4) is 5.75 Å². The van der Waals surface area contributed by atoms with Crippen LogP contribution in [0.15, 0.2) is 40.7 Å². The van der Waals surface area contributed by atoms with Crippen molar-refractivity contribution in [2.45, 2.75) is 32.2 Å². The van der Waals surface area contributed by atoms with E-state index in [0.717, 1.165) is 31.2 Å². The molecule has 2 N–H and O–H groups in total. The van der Waals surface area contributed by atoms with Crippen LogP contribution in [0.2, 0.25) is 0 Å². The summed E-state index contributed by atoms with van der Waals surface area (Å²) in [5, 5.41) is 9.21. The van der Waals surface area contributed by atoms with Crippen molar-refractivity contribution in [2.75, 3.05) is 40.8 Å². The number of thiophene rings is 1. The van der Waals surface area contributed by atoms with Crippen molar-refractivity contribution in [2.24, 2.45) is 10.9 Å². The van der Waals surface area contributed by atoms with E-state index in [1.807, 2.05) is 24.5 Å². The number of aliphatic imine (C=N–C) groups is 1. The zero-order chi connectivity index (χ0) is 20.6. The number of rotatable bonds is 7. The largest absolute Gasteiger partial charge is 0.496 e. The minimum Gasteiger partial charge on any atom is -0.496 e. The van der Waals surface area contributed by atoms with Crippen molar-refractivity contribution in [1.82, 2.24) is 15.5 Å². The number of hydrogen-bond donors (Lipinski definition) is 2. The molecule has 0 bridgehead atoms. The van der Waals surface area contributed by atoms with Crippen LogP contribution in [0.3, 0.4) is 0 Å². The van der Waals surface area contributed by atoms with E-state index < -0.39 is 0 Å². The molecular weight excluding hydrogens is 380 g/mol. The number of ether oxygens (including phenoxy) is 1. The molecule has 1 aliphatic heterocycles. The van der Waals surface area contributed by atoms with Crippen LogP contribution >= 0.6 is 11.3 Å². The average molecular weight is 415 g/mol. The molecule has 6 heteroatoms. The van der Waals surface area contributed by atoms with Crippen molar-refractivity contribution in [3.63, 3.8) is 0 Å². The van der Waals surface area contributed by atoms with Crippen molar-refractivity contribution < 1.29 is 4.74 Å². The normalized spacial score (nSPS) is 20.5. The highest BCUT2D eigenvalue weighted by atomic mass is 32.1. The van der Waals surface area contributed by atoms with Gasteiger partial charge in [-0.25, -0.2) is 0 Å². The summed E-state index contributed by atoms with van der Waals surface area (Å²) in [7, 11) is 5.82. The van der Waals surface area contributed by atoms with Gasteiger partial charge in [-0.15, -0.1) is 11.3 Å². The Labute approximate surface area is 179 Å². The van der Waals surface area contributed by atoms with Gasteiger partial charge in [-0.3, -0.25) is 9.89 Å². The first-order chi connectivity index (χ1) is 14.1. The van der Waals surface area contributed by atoms with Crippen molar-refractivity contribution in [1.29, 1.82) is 0 Å². The first kappa shape index (κ1) is 21.7. The molecule has 0 spiro atoms. The van der Waals surface area contributed by atoms with Crippen LogP contribution < -0.4 is 15.4 Å². The average Bonchev–Trinajstić information content (AvgIpc) is 3.25. The highest BCUT2D eigenvalue weighted by Crippen LogP contribution is 2.36. The molecule has 3 rings (SSSR count). The van der Waals surface area contributed by atoms with Crippen molar-refractivity contribution in [3.05, 3.63) is 51.7 Å². The van der Waals surface area contributed by atoms with Crippen LogP contribution in [0.1, 0.15) is 34.9 Å². The zero-order valence-electron chi connectivity index (χ0n) is 18.1. The SMILES string of the molecule is CN=C(NCCc1cc(C)ccc1OC)NCC1CCCN(C)C1c1cccs1. The van der Waals surface area contributed by atoms with Gasteiger partial charge < -0.3 is 15.4 Å². The van der Waals surface area contributed by atoms with Gasteiger partial charge in [0.25, 0.3) is 0 Å². The van der Waals surface area contributed by atoms with E-state index in [1.165, 1.54) is 35.4 Å². The second-order valence-electron chi connectivity index (χ2n) is 7.79. The number of aryl methyl sites for hydroxylation is 1. The minimum absolute atomic E-state index is 0.492. The molecule has 2 unspecified atom stereocenters. The van der Waals surface area contributed by atoms with E-state index in [4.69, 9.17) is 4.74 Å². The Bertz CT molecular complexity index is 790. The van der Waals surface area contributed by atoms with Gasteiger partial charge in [-0.05, 0) is 68.8 Å². The molecule has 29 heavy (non-hydrogen) atoms. The Hall–Kier alpha value is -2.05. The van der Waals surface area contributed by atoms with Crippen LogP contribution in [0, 0.1) is 12.8 Å². The van der Waals surface area contributed by atoms with Gasteiger partial charge in [-0.2, -0.15) is 0 Å². The maximum atomic E-state index is 5.49. The first-order valence-electron chi connectivity index (χ1n) is 10.4. The fraction of sp³-hybridized carbons (Fsp3) is 0.522. The third kappa shape index (κ3) is 5.73. The fourth-order valence-electron chi connectivity index (χ4n) is 4.25. The molecule has 158 valence electrons. The zero-order valence-corrected chi connectivity index (χ0v) is 18.9. The van der Waals surface area contributed by atoms with Crippen LogP contribution in [-0.2, 0) is 6.42 Å². The predicted molar refractivity (Wildman–Crippen MR) is 123 cm³/mol. The smallest absolute Gasteiger partial charge is 0.190 e. The Morgan fingerprint density at radius 2 is 2.17 bits per heavy atom. The minimum atomic E-state index is 0.492. The van der Waals surface area contributed by atoms with Gasteiger partial charge in [0, 0.05) is 31.1 Å². The summed E-state index contributed by atoms with van der Waals surface area (Å²) in [6, 6.07) is 11.2. The highest BCUT2D eigenvalue weighted by Gasteiger charge is 2.31. The van der Waals surface area contributed by atoms with Crippen molar-refractivity contribution >= 4 is 17.3 Å². The molecule has 0 radical (unpaired) electrons. The molecule has 2 heterocycles. The monoisotopic (exact) mass is 414 g/mol. The predicted octanol–water partition coefficient (Wildman–Crippen LogP) is 3.86. The van der Waals surface area contributed by atoms with E-state index in [2.05, 4.69) is 64.1 Å². The Morgan fingerprint density at radius 1 is 1.31 bits per heavy atom. The second kappa shape index (κ2) is 10.6. The maximum Gasteiger partial charge on any atom is 0.190 e. The molecule has 1 saturated heterocycles. The van der Waals surface area contributed by atoms with Crippen LogP contribution in [0.5, 0.6) is 5.75 Å². The van der Waals surface area contributed by atoms with Crippen LogP contribution in [-0.4, -0.2) is 51.7 Å². The highest BCUT2D eigenvalue weighted by molar-refractivity contribution is 7.10. The van der Waals surface area contributed by atoms with Gasteiger partial charge in [-0.1, -0.05) is 23.8 Å². The van der Waals surface area contributed by atoms with Crippen LogP contribution in [0.4, 0.5) is 0 Å². The summed E-state index contributed by atoms with van der Waals surface area (Å²) < 4.78 is 5.49. The van der Waals surface area contributed by atoms with E-state index >= 15 is 0 Å². The lowest BCUT2D eigenvalue weighted by molar-refractivity contribution is 0.125. The third-order valence-corrected chi connectivity index (χ3v) is 6.66. The number of guanidine groups is 1. The summed E-state index contributed by atoms with van der Waals surface area (Å²) >= 11 is 1.87. The molecule has 2 atom stereocenters. The molecule has 1 aromatic heterocycles. The van der Waals surface area contributed by atoms with E-state index in [-0.39, 0.29) is 0 Å². The molecule has 1 fully saturated rings. The van der Waals surface area contributed by atoms with Gasteiger partial charge >= 0.3 is 0 Å². The summed E-state index contributed by atoms with van der Waals surface area (Å²) in [5.74, 6) is 2.40. The van der Waals surface area contributed by atoms with E-state index in [0.29, 0.717) is 12.0 Å². The third-order valence-electron chi connectivity index (χ3n) is 5.72. The lowest BCUT2D eigenvalue weighted by atomic mass is 9.88. The molecule has 1 aromatic carbocycles. The summed E-state index contributed by atoms with van der Waals surface area (Å²) in [5.41, 5.74) is 2.48. The summed E-state index contributed by atoms with van der Waals surface area (Å²) in [6.45, 7) is 5.03. The molecule has 2 aromatic rings. The first-order valence-corrected chi connectivity index (χ1v) is 11.3. The lowest BCUT2D eigenvalue weighted by Crippen LogP contribution is -2.45. The quantitative estimate of drug-likeness (QED) is 0.534. The number of nitrogens with one attached hydrogen (secondary N) is 2. The Morgan fingerprint density at radius 3 is 2.90 bits per heavy atom. The van der Waals surface area contributed by atoms with E-state index in [1.54, 1.807) is 7.11 Å². The number of nitrogens with zero attached hydrogens (tertiary/aromatic N) is 2. The molecule has 0 amide bonds. The van der Waals surface area contributed by atoms with Gasteiger partial charge in [0.1, 0.15) is 5.75 Å². The van der Waals surface area contributed by atoms with Gasteiger partial charge in [0.2, 0.25) is 0 Å². The standard InChI is InChI=1S/C23H34N4OS/c1-17-9-10-20(28-4)18(15-17)11-12-25-23(24-2)26-16-19-7-5-13-27(3)22(19)21-8-6-14-29-21/h6,8-10,14-15,19,22H,5,7,11-13,16H2,1-4H3,(H2,24,25,26). The molecule has 0 saturated carbocycles. The Kier molecular flexibility index (Phi) is 7.95. The van der Waals surface area contributed by atoms with Gasteiger partial charge in [0.15, 0.2) is 5.96 Å². The molecule has 0 aliphatic carbocycles. The number of likely N-dealkylation sites (tertiary alicyclic amines) is 1.